The van der Waals surface area contributed by atoms with Crippen LogP contribution < -0.4 is 0 Å². The van der Waals surface area contributed by atoms with Gasteiger partial charge in [-0.3, -0.25) is 0 Å². The Morgan fingerprint density at radius 2 is 1.86 bits per heavy atom. The van der Waals surface area contributed by atoms with Crippen molar-refractivity contribution in [1.29, 1.82) is 0 Å². The summed E-state index contributed by atoms with van der Waals surface area (Å²) in [5, 5.41) is 9.05. The third-order valence-electron chi connectivity index (χ3n) is 2.43. The Balaban J connectivity index is 2.39. The number of hydrogen-bond donors (Lipinski definition) is 0. The van der Waals surface area contributed by atoms with Crippen LogP contribution in [-0.4, -0.2) is 14.8 Å². The van der Waals surface area contributed by atoms with Gasteiger partial charge in [0.15, 0.2) is 0 Å². The van der Waals surface area contributed by atoms with Crippen molar-refractivity contribution in [1.82, 2.24) is 14.8 Å². The summed E-state index contributed by atoms with van der Waals surface area (Å²) >= 11 is 3.39. The van der Waals surface area contributed by atoms with E-state index >= 15 is 0 Å². The zero-order valence-electron chi connectivity index (χ0n) is 8.96. The third-order valence-corrected chi connectivity index (χ3v) is 2.93. The number of halogens is 1. The monoisotopic (exact) mass is 259 g/mol. The normalized spacial score (nSPS) is 10.8. The predicted octanol–water partition coefficient (Wildman–Crippen LogP) is 2.83. The quantitative estimate of drug-likeness (QED) is 0.581. The van der Waals surface area contributed by atoms with Gasteiger partial charge < -0.3 is 4.57 Å². The minimum absolute atomic E-state index is 0.783. The topological polar surface area (TPSA) is 30.7 Å². The minimum atomic E-state index is 0.783. The summed E-state index contributed by atoms with van der Waals surface area (Å²) < 4.78 is 2.08. The van der Waals surface area contributed by atoms with Gasteiger partial charge in [-0.25, -0.2) is 0 Å². The summed E-state index contributed by atoms with van der Waals surface area (Å²) in [5.41, 5.74) is 0. The number of nitrogens with zero attached hydrogens (tertiary/aromatic N) is 3. The Kier molecular flexibility index (Phi) is 5.15. The molecular formula is C10H18BrN3. The summed E-state index contributed by atoms with van der Waals surface area (Å²) in [6.07, 6.45) is 6.18. The molecule has 0 spiro atoms. The lowest BCUT2D eigenvalue weighted by Crippen LogP contribution is -2.00. The Morgan fingerprint density at radius 1 is 1.14 bits per heavy atom. The molecule has 1 rings (SSSR count). The van der Waals surface area contributed by atoms with E-state index in [2.05, 4.69) is 37.6 Å². The standard InChI is InChI=1S/C10H18BrN3/c1-3-4-5-6-7-9-12-13-10(8-11)14(9)2/h3-8H2,1-2H3. The summed E-state index contributed by atoms with van der Waals surface area (Å²) in [7, 11) is 2.03. The number of rotatable bonds is 6. The van der Waals surface area contributed by atoms with Crippen LogP contribution >= 0.6 is 15.9 Å². The Hall–Kier alpha value is -0.380. The smallest absolute Gasteiger partial charge is 0.143 e. The zero-order chi connectivity index (χ0) is 10.4. The molecule has 4 heteroatoms. The molecule has 0 aliphatic heterocycles. The lowest BCUT2D eigenvalue weighted by molar-refractivity contribution is 0.636. The van der Waals surface area contributed by atoms with Gasteiger partial charge in [-0.15, -0.1) is 10.2 Å². The Bertz CT molecular complexity index is 270. The summed E-state index contributed by atoms with van der Waals surface area (Å²) in [4.78, 5) is 0. The van der Waals surface area contributed by atoms with Gasteiger partial charge >= 0.3 is 0 Å². The first-order valence-corrected chi connectivity index (χ1v) is 6.34. The SMILES string of the molecule is CCCCCCc1nnc(CBr)n1C. The molecule has 0 fully saturated rings. The van der Waals surface area contributed by atoms with Crippen molar-refractivity contribution < 1.29 is 0 Å². The van der Waals surface area contributed by atoms with Gasteiger partial charge in [0.2, 0.25) is 0 Å². The van der Waals surface area contributed by atoms with E-state index in [-0.39, 0.29) is 0 Å². The number of alkyl halides is 1. The van der Waals surface area contributed by atoms with Crippen LogP contribution in [0.3, 0.4) is 0 Å². The van der Waals surface area contributed by atoms with Crippen molar-refractivity contribution in [2.24, 2.45) is 7.05 Å². The maximum Gasteiger partial charge on any atom is 0.143 e. The molecule has 80 valence electrons. The number of hydrogen-bond acceptors (Lipinski definition) is 2. The molecule has 0 aromatic carbocycles. The van der Waals surface area contributed by atoms with Gasteiger partial charge in [-0.2, -0.15) is 0 Å². The molecular weight excluding hydrogens is 242 g/mol. The highest BCUT2D eigenvalue weighted by molar-refractivity contribution is 9.08. The first-order chi connectivity index (χ1) is 6.79. The second-order valence-electron chi connectivity index (χ2n) is 3.54. The van der Waals surface area contributed by atoms with Gasteiger partial charge in [0.1, 0.15) is 11.6 Å². The lowest BCUT2D eigenvalue weighted by atomic mass is 10.1. The summed E-state index contributed by atoms with van der Waals surface area (Å²) in [5.74, 6) is 2.12. The first kappa shape index (κ1) is 11.7. The van der Waals surface area contributed by atoms with Crippen LogP contribution in [0.15, 0.2) is 0 Å². The number of aromatic nitrogens is 3. The predicted molar refractivity (Wildman–Crippen MR) is 61.5 cm³/mol. The fourth-order valence-corrected chi connectivity index (χ4v) is 1.93. The first-order valence-electron chi connectivity index (χ1n) is 5.22. The van der Waals surface area contributed by atoms with E-state index in [9.17, 15) is 0 Å². The maximum absolute atomic E-state index is 4.17. The second-order valence-corrected chi connectivity index (χ2v) is 4.10. The van der Waals surface area contributed by atoms with Gasteiger partial charge in [-0.1, -0.05) is 42.1 Å². The van der Waals surface area contributed by atoms with Crippen LogP contribution in [0.25, 0.3) is 0 Å². The molecule has 0 N–H and O–H groups in total. The maximum atomic E-state index is 4.17. The largest absolute Gasteiger partial charge is 0.317 e. The molecule has 0 aliphatic rings. The van der Waals surface area contributed by atoms with Crippen LogP contribution in [0.1, 0.15) is 44.3 Å². The van der Waals surface area contributed by atoms with Crippen molar-refractivity contribution >= 4 is 15.9 Å². The van der Waals surface area contributed by atoms with Crippen LogP contribution in [0.5, 0.6) is 0 Å². The summed E-state index contributed by atoms with van der Waals surface area (Å²) in [6.45, 7) is 2.23. The highest BCUT2D eigenvalue weighted by Gasteiger charge is 2.06. The molecule has 1 heterocycles. The van der Waals surface area contributed by atoms with Crippen LogP contribution in [0.2, 0.25) is 0 Å². The molecule has 0 bridgehead atoms. The van der Waals surface area contributed by atoms with Crippen molar-refractivity contribution in [3.63, 3.8) is 0 Å². The molecule has 0 radical (unpaired) electrons. The number of unbranched alkanes of at least 4 members (excludes halogenated alkanes) is 3. The van der Waals surface area contributed by atoms with Crippen LogP contribution in [-0.2, 0) is 18.8 Å². The van der Waals surface area contributed by atoms with Gasteiger partial charge in [0.25, 0.3) is 0 Å². The average molecular weight is 260 g/mol. The van der Waals surface area contributed by atoms with Crippen LogP contribution in [0, 0.1) is 0 Å². The molecule has 3 nitrogen and oxygen atoms in total. The number of aryl methyl sites for hydroxylation is 1. The molecule has 0 amide bonds. The van der Waals surface area contributed by atoms with E-state index in [4.69, 9.17) is 0 Å². The molecule has 0 saturated heterocycles. The fourth-order valence-electron chi connectivity index (χ4n) is 1.44. The van der Waals surface area contributed by atoms with Gasteiger partial charge in [0, 0.05) is 13.5 Å². The average Bonchev–Trinajstić information content (AvgIpc) is 2.55. The van der Waals surface area contributed by atoms with Crippen LogP contribution in [0.4, 0.5) is 0 Å². The minimum Gasteiger partial charge on any atom is -0.317 e. The highest BCUT2D eigenvalue weighted by atomic mass is 79.9. The van der Waals surface area contributed by atoms with Crippen molar-refractivity contribution in [2.75, 3.05) is 0 Å². The Labute approximate surface area is 94.0 Å². The van der Waals surface area contributed by atoms with E-state index in [1.165, 1.54) is 25.7 Å². The van der Waals surface area contributed by atoms with E-state index in [1.807, 2.05) is 7.05 Å². The van der Waals surface area contributed by atoms with E-state index in [1.54, 1.807) is 0 Å². The zero-order valence-corrected chi connectivity index (χ0v) is 10.5. The van der Waals surface area contributed by atoms with Gasteiger partial charge in [-0.05, 0) is 6.42 Å². The van der Waals surface area contributed by atoms with Crippen molar-refractivity contribution in [2.45, 2.75) is 44.4 Å². The molecule has 14 heavy (non-hydrogen) atoms. The molecule has 0 aliphatic carbocycles. The fraction of sp³-hybridized carbons (Fsp3) is 0.800. The Morgan fingerprint density at radius 3 is 2.43 bits per heavy atom. The van der Waals surface area contributed by atoms with Crippen molar-refractivity contribution in [3.05, 3.63) is 11.6 Å². The molecule has 0 saturated carbocycles. The lowest BCUT2D eigenvalue weighted by Gasteiger charge is -2.01. The van der Waals surface area contributed by atoms with Crippen molar-refractivity contribution in [3.8, 4) is 0 Å². The third kappa shape index (κ3) is 3.08. The molecule has 1 aromatic heterocycles. The van der Waals surface area contributed by atoms with E-state index < -0.39 is 0 Å². The molecule has 1 aromatic rings. The van der Waals surface area contributed by atoms with Gasteiger partial charge in [0.05, 0.1) is 5.33 Å². The molecule has 0 unspecified atom stereocenters. The highest BCUT2D eigenvalue weighted by Crippen LogP contribution is 2.08. The molecule has 0 atom stereocenters. The second kappa shape index (κ2) is 6.17. The van der Waals surface area contributed by atoms with E-state index in [0.29, 0.717) is 0 Å². The van der Waals surface area contributed by atoms with E-state index in [0.717, 1.165) is 23.4 Å². The summed E-state index contributed by atoms with van der Waals surface area (Å²) in [6, 6.07) is 0.